The predicted octanol–water partition coefficient (Wildman–Crippen LogP) is 6.41. The number of aromatic nitrogens is 1. The summed E-state index contributed by atoms with van der Waals surface area (Å²) in [6, 6.07) is 16.6. The lowest BCUT2D eigenvalue weighted by Crippen LogP contribution is -2.58. The molecule has 0 bridgehead atoms. The number of rotatable bonds is 13. The summed E-state index contributed by atoms with van der Waals surface area (Å²) in [7, 11) is 0. The van der Waals surface area contributed by atoms with Gasteiger partial charge in [-0.25, -0.2) is 9.37 Å². The number of carbonyl (C=O) groups is 4. The van der Waals surface area contributed by atoms with E-state index in [2.05, 4.69) is 39.3 Å². The number of thiocarbonyl (C=S) groups is 1. The molecular formula is C48H47ClFN7O7S. The predicted molar refractivity (Wildman–Crippen MR) is 246 cm³/mol. The standard InChI is InChI=1S/C48H47ClFN7O7S/c1-30-21-38(43(59)53-25-31-11-13-32(14-12-31)40-26-52-29-64-40)55(27-30)44(60)42(47(2,3)4)54-41(58)28-62-19-9-7-8-10-20-63-39-18-17-35(23-37(39)50)57-46(65)56(45(61)48(57,5)6)34-16-15-33(24-51)36(49)22-34/h11-18,22-23,26,29-30,38,42H,19-21,25,27-28H2,1-6H3,(H,53,59)(H,54,58)/t30-,38+,42-/m1/s1. The summed E-state index contributed by atoms with van der Waals surface area (Å²) < 4.78 is 31.5. The summed E-state index contributed by atoms with van der Waals surface area (Å²) in [4.78, 5) is 62.2. The van der Waals surface area contributed by atoms with Gasteiger partial charge in [0.05, 0.1) is 22.5 Å². The van der Waals surface area contributed by atoms with Crippen LogP contribution in [0.25, 0.3) is 11.3 Å². The number of nitrogens with zero attached hydrogens (tertiary/aromatic N) is 5. The molecule has 2 saturated heterocycles. The third kappa shape index (κ3) is 11.1. The molecule has 1 aromatic heterocycles. The minimum atomic E-state index is -1.17. The van der Waals surface area contributed by atoms with Gasteiger partial charge in [0.25, 0.3) is 5.91 Å². The van der Waals surface area contributed by atoms with E-state index in [0.717, 1.165) is 11.1 Å². The quantitative estimate of drug-likeness (QED) is 0.0864. The number of benzene rings is 3. The largest absolute Gasteiger partial charge is 0.478 e. The molecule has 2 N–H and O–H groups in total. The molecular weight excluding hydrogens is 873 g/mol. The number of likely N-dealkylation sites (tertiary alicyclic amines) is 1. The minimum Gasteiger partial charge on any atom is -0.478 e. The van der Waals surface area contributed by atoms with Gasteiger partial charge in [0.15, 0.2) is 28.8 Å². The molecule has 3 heterocycles. The molecule has 0 unspecified atom stereocenters. The molecule has 3 atom stereocenters. The SMILES string of the molecule is C[C@@H]1C[C@@H](C(=O)NCc2ccc(-c3cnco3)cc2)N(C(=O)[C@@H](NC(=O)COCC#CC#CCOc2ccc(N3C(=S)N(c4ccc(C#N)c(Cl)c4)C(=O)C3(C)C)cc2F)C(C)(C)C)C1. The van der Waals surface area contributed by atoms with Gasteiger partial charge in [-0.05, 0) is 97.5 Å². The Labute approximate surface area is 387 Å². The van der Waals surface area contributed by atoms with Crippen molar-refractivity contribution in [2.24, 2.45) is 11.3 Å². The van der Waals surface area contributed by atoms with Crippen LogP contribution in [0.15, 0.2) is 77.7 Å². The van der Waals surface area contributed by atoms with Crippen LogP contribution in [0.1, 0.15) is 59.1 Å². The van der Waals surface area contributed by atoms with E-state index < -0.39 is 34.8 Å². The number of anilines is 2. The fourth-order valence-corrected chi connectivity index (χ4v) is 8.15. The van der Waals surface area contributed by atoms with Crippen LogP contribution in [0, 0.1) is 52.2 Å². The number of nitriles is 1. The van der Waals surface area contributed by atoms with Gasteiger partial charge in [0.2, 0.25) is 17.7 Å². The summed E-state index contributed by atoms with van der Waals surface area (Å²) >= 11 is 11.9. The molecule has 2 fully saturated rings. The molecule has 14 nitrogen and oxygen atoms in total. The van der Waals surface area contributed by atoms with E-state index in [0.29, 0.717) is 30.1 Å². The monoisotopic (exact) mass is 919 g/mol. The van der Waals surface area contributed by atoms with Crippen LogP contribution in [0.3, 0.4) is 0 Å². The van der Waals surface area contributed by atoms with Gasteiger partial charge in [-0.15, -0.1) is 0 Å². The van der Waals surface area contributed by atoms with Crippen LogP contribution in [-0.2, 0) is 30.5 Å². The van der Waals surface area contributed by atoms with Gasteiger partial charge in [-0.2, -0.15) is 5.26 Å². The Hall–Kier alpha value is -6.77. The van der Waals surface area contributed by atoms with Crippen LogP contribution in [-0.4, -0.2) is 82.6 Å². The van der Waals surface area contributed by atoms with Crippen molar-refractivity contribution in [1.29, 1.82) is 5.26 Å². The highest BCUT2D eigenvalue weighted by Crippen LogP contribution is 2.38. The normalized spacial score (nSPS) is 17.1. The number of halogens is 2. The van der Waals surface area contributed by atoms with Crippen molar-refractivity contribution >= 4 is 63.9 Å². The maximum atomic E-state index is 15.3. The number of carbonyl (C=O) groups excluding carboxylic acids is 4. The second-order valence-electron chi connectivity index (χ2n) is 17.1. The second kappa shape index (κ2) is 20.4. The van der Waals surface area contributed by atoms with Crippen LogP contribution in [0.5, 0.6) is 5.75 Å². The van der Waals surface area contributed by atoms with Gasteiger partial charge >= 0.3 is 0 Å². The van der Waals surface area contributed by atoms with Crippen molar-refractivity contribution in [3.8, 4) is 46.8 Å². The third-order valence-electron chi connectivity index (χ3n) is 10.8. The molecule has 65 heavy (non-hydrogen) atoms. The third-order valence-corrected chi connectivity index (χ3v) is 11.4. The summed E-state index contributed by atoms with van der Waals surface area (Å²) in [5, 5.41) is 15.3. The highest BCUT2D eigenvalue weighted by Gasteiger charge is 2.50. The zero-order valence-corrected chi connectivity index (χ0v) is 38.2. The topological polar surface area (TPSA) is 170 Å². The van der Waals surface area contributed by atoms with E-state index in [1.165, 1.54) is 40.5 Å². The molecule has 0 saturated carbocycles. The minimum absolute atomic E-state index is 0.0788. The smallest absolute Gasteiger partial charge is 0.259 e. The Morgan fingerprint density at radius 1 is 1.06 bits per heavy atom. The van der Waals surface area contributed by atoms with Gasteiger partial charge in [0, 0.05) is 30.4 Å². The number of amides is 4. The van der Waals surface area contributed by atoms with Crippen LogP contribution in [0.2, 0.25) is 5.02 Å². The van der Waals surface area contributed by atoms with Crippen molar-refractivity contribution < 1.29 is 37.5 Å². The summed E-state index contributed by atoms with van der Waals surface area (Å²) in [5.41, 5.74) is 0.829. The molecule has 0 aliphatic carbocycles. The number of ether oxygens (including phenoxy) is 2. The average Bonchev–Trinajstić information content (AvgIpc) is 3.98. The zero-order chi connectivity index (χ0) is 47.1. The number of oxazole rings is 1. The highest BCUT2D eigenvalue weighted by atomic mass is 35.5. The summed E-state index contributed by atoms with van der Waals surface area (Å²) in [5.74, 6) is 8.97. The molecule has 0 radical (unpaired) electrons. The van der Waals surface area contributed by atoms with E-state index >= 15 is 4.39 Å². The fraction of sp³-hybridized carbons (Fsp3) is 0.354. The van der Waals surface area contributed by atoms with Crippen molar-refractivity contribution in [2.45, 2.75) is 72.1 Å². The first-order valence-electron chi connectivity index (χ1n) is 20.6. The van der Waals surface area contributed by atoms with Crippen LogP contribution in [0.4, 0.5) is 15.8 Å². The fourth-order valence-electron chi connectivity index (χ4n) is 7.41. The Bertz CT molecular complexity index is 2640. The van der Waals surface area contributed by atoms with E-state index in [1.807, 2.05) is 58.0 Å². The van der Waals surface area contributed by atoms with E-state index in [9.17, 15) is 24.4 Å². The Balaban J connectivity index is 0.956. The van der Waals surface area contributed by atoms with Crippen molar-refractivity contribution in [3.05, 3.63) is 95.2 Å². The van der Waals surface area contributed by atoms with E-state index in [4.69, 9.17) is 37.7 Å². The molecule has 4 aromatic rings. The molecule has 2 aliphatic rings. The lowest BCUT2D eigenvalue weighted by atomic mass is 9.85. The Kier molecular flexibility index (Phi) is 15.0. The van der Waals surface area contributed by atoms with Gasteiger partial charge in [-0.1, -0.05) is 69.5 Å². The van der Waals surface area contributed by atoms with Crippen molar-refractivity contribution in [2.75, 3.05) is 36.2 Å². The number of hydrogen-bond acceptors (Lipinski definition) is 10. The second-order valence-corrected chi connectivity index (χ2v) is 17.9. The first-order chi connectivity index (χ1) is 30.9. The Morgan fingerprint density at radius 3 is 2.42 bits per heavy atom. The van der Waals surface area contributed by atoms with Crippen LogP contribution < -0.4 is 25.2 Å². The maximum absolute atomic E-state index is 15.3. The first kappa shape index (κ1) is 47.7. The zero-order valence-electron chi connectivity index (χ0n) is 36.7. The van der Waals surface area contributed by atoms with Crippen molar-refractivity contribution in [3.63, 3.8) is 0 Å². The van der Waals surface area contributed by atoms with Gasteiger partial charge < -0.3 is 34.3 Å². The van der Waals surface area contributed by atoms with E-state index in [-0.39, 0.29) is 71.5 Å². The molecule has 4 amide bonds. The number of nitrogens with one attached hydrogen (secondary N) is 2. The molecule has 17 heteroatoms. The molecule has 6 rings (SSSR count). The number of hydrogen-bond donors (Lipinski definition) is 2. The summed E-state index contributed by atoms with van der Waals surface area (Å²) in [6.45, 7) is 10.8. The molecule has 2 aliphatic heterocycles. The van der Waals surface area contributed by atoms with E-state index in [1.54, 1.807) is 37.1 Å². The molecule has 3 aromatic carbocycles. The maximum Gasteiger partial charge on any atom is 0.259 e. The average molecular weight is 920 g/mol. The van der Waals surface area contributed by atoms with Gasteiger partial charge in [0.1, 0.15) is 43.5 Å². The highest BCUT2D eigenvalue weighted by molar-refractivity contribution is 7.81. The Morgan fingerprint density at radius 2 is 1.77 bits per heavy atom. The summed E-state index contributed by atoms with van der Waals surface area (Å²) in [6.07, 6.45) is 3.48. The van der Waals surface area contributed by atoms with Crippen LogP contribution >= 0.6 is 23.8 Å². The van der Waals surface area contributed by atoms with Crippen molar-refractivity contribution in [1.82, 2.24) is 20.5 Å². The lowest BCUT2D eigenvalue weighted by molar-refractivity contribution is -0.144. The molecule has 336 valence electrons. The first-order valence-corrected chi connectivity index (χ1v) is 21.4. The lowest BCUT2D eigenvalue weighted by Gasteiger charge is -2.35. The molecule has 0 spiro atoms. The van der Waals surface area contributed by atoms with Gasteiger partial charge in [-0.3, -0.25) is 24.1 Å².